The molecule has 3 aromatic carbocycles. The summed E-state index contributed by atoms with van der Waals surface area (Å²) in [6, 6.07) is 23.7. The number of methoxy groups -OCH3 is 1. The molecular weight excluding hydrogens is 398 g/mol. The third-order valence-corrected chi connectivity index (χ3v) is 5.66. The third kappa shape index (κ3) is 4.26. The smallest absolute Gasteiger partial charge is 0.337 e. The number of nitrogens with zero attached hydrogens (tertiary/aromatic N) is 3. The van der Waals surface area contributed by atoms with Crippen molar-refractivity contribution < 1.29 is 9.53 Å². The van der Waals surface area contributed by atoms with Gasteiger partial charge in [0.05, 0.1) is 35.3 Å². The maximum Gasteiger partial charge on any atom is 0.337 e. The van der Waals surface area contributed by atoms with Gasteiger partial charge in [0.25, 0.3) is 0 Å². The van der Waals surface area contributed by atoms with E-state index >= 15 is 0 Å². The van der Waals surface area contributed by atoms with Gasteiger partial charge in [0, 0.05) is 13.0 Å². The number of nitriles is 1. The summed E-state index contributed by atoms with van der Waals surface area (Å²) in [6.07, 6.45) is 3.02. The molecule has 0 saturated heterocycles. The van der Waals surface area contributed by atoms with Crippen LogP contribution in [0.3, 0.4) is 0 Å². The molecule has 0 aliphatic carbocycles. The van der Waals surface area contributed by atoms with E-state index in [2.05, 4.69) is 41.8 Å². The monoisotopic (exact) mass is 423 g/mol. The number of carbonyl (C=O) groups is 1. The van der Waals surface area contributed by atoms with Crippen LogP contribution in [-0.2, 0) is 17.7 Å². The van der Waals surface area contributed by atoms with Crippen LogP contribution >= 0.6 is 0 Å². The van der Waals surface area contributed by atoms with Gasteiger partial charge >= 0.3 is 5.97 Å². The molecule has 0 aliphatic heterocycles. The van der Waals surface area contributed by atoms with Gasteiger partial charge in [0.15, 0.2) is 0 Å². The number of rotatable bonds is 7. The Morgan fingerprint density at radius 3 is 2.59 bits per heavy atom. The van der Waals surface area contributed by atoms with Crippen LogP contribution < -0.4 is 0 Å². The summed E-state index contributed by atoms with van der Waals surface area (Å²) in [4.78, 5) is 16.9. The van der Waals surface area contributed by atoms with Crippen molar-refractivity contribution in [2.45, 2.75) is 32.7 Å². The van der Waals surface area contributed by atoms with Crippen LogP contribution in [0, 0.1) is 11.3 Å². The summed E-state index contributed by atoms with van der Waals surface area (Å²) in [7, 11) is 1.39. The van der Waals surface area contributed by atoms with Gasteiger partial charge in [-0.2, -0.15) is 5.26 Å². The summed E-state index contributed by atoms with van der Waals surface area (Å²) in [5.41, 5.74) is 6.07. The second-order valence-corrected chi connectivity index (χ2v) is 7.77. The molecule has 1 heterocycles. The SMILES string of the molecule is CCCCc1nc2ccc(C(=O)OC)cc2n1Cc1ccc(-c2ccccc2C#N)cc1. The summed E-state index contributed by atoms with van der Waals surface area (Å²) >= 11 is 0. The Bertz CT molecular complexity index is 1300. The minimum atomic E-state index is -0.352. The number of ether oxygens (including phenoxy) is 1. The lowest BCUT2D eigenvalue weighted by atomic mass is 9.99. The first-order valence-corrected chi connectivity index (χ1v) is 10.8. The maximum atomic E-state index is 12.1. The number of imidazole rings is 1. The second kappa shape index (κ2) is 9.49. The lowest BCUT2D eigenvalue weighted by Crippen LogP contribution is -2.06. The van der Waals surface area contributed by atoms with Crippen molar-refractivity contribution in [3.63, 3.8) is 0 Å². The molecule has 4 rings (SSSR count). The Labute approximate surface area is 187 Å². The van der Waals surface area contributed by atoms with E-state index in [4.69, 9.17) is 9.72 Å². The number of esters is 1. The Kier molecular flexibility index (Phi) is 6.32. The summed E-state index contributed by atoms with van der Waals surface area (Å²) in [5.74, 6) is 0.665. The zero-order chi connectivity index (χ0) is 22.5. The van der Waals surface area contributed by atoms with Crippen LogP contribution in [-0.4, -0.2) is 22.6 Å². The maximum absolute atomic E-state index is 12.1. The molecule has 5 heteroatoms. The van der Waals surface area contributed by atoms with Crippen molar-refractivity contribution in [3.8, 4) is 17.2 Å². The van der Waals surface area contributed by atoms with Crippen LogP contribution in [0.15, 0.2) is 66.7 Å². The minimum absolute atomic E-state index is 0.352. The van der Waals surface area contributed by atoms with Crippen LogP contribution in [0.25, 0.3) is 22.2 Å². The Morgan fingerprint density at radius 1 is 1.09 bits per heavy atom. The summed E-state index contributed by atoms with van der Waals surface area (Å²) < 4.78 is 7.09. The molecule has 5 nitrogen and oxygen atoms in total. The zero-order valence-electron chi connectivity index (χ0n) is 18.3. The predicted octanol–water partition coefficient (Wildman–Crippen LogP) is 5.75. The molecule has 0 bridgehead atoms. The largest absolute Gasteiger partial charge is 0.465 e. The highest BCUT2D eigenvalue weighted by molar-refractivity contribution is 5.93. The Balaban J connectivity index is 1.70. The van der Waals surface area contributed by atoms with E-state index < -0.39 is 0 Å². The van der Waals surface area contributed by atoms with Gasteiger partial charge in [-0.3, -0.25) is 0 Å². The molecule has 32 heavy (non-hydrogen) atoms. The molecular formula is C27H25N3O2. The Hall–Kier alpha value is -3.91. The number of benzene rings is 3. The number of fused-ring (bicyclic) bond motifs is 1. The zero-order valence-corrected chi connectivity index (χ0v) is 18.3. The van der Waals surface area contributed by atoms with E-state index in [9.17, 15) is 10.1 Å². The van der Waals surface area contributed by atoms with Crippen molar-refractivity contribution in [3.05, 3.63) is 89.2 Å². The van der Waals surface area contributed by atoms with E-state index in [0.717, 1.165) is 52.8 Å². The first kappa shape index (κ1) is 21.3. The number of aryl methyl sites for hydroxylation is 1. The normalized spacial score (nSPS) is 10.8. The molecule has 0 aliphatic rings. The number of hydrogen-bond acceptors (Lipinski definition) is 4. The third-order valence-electron chi connectivity index (χ3n) is 5.66. The first-order chi connectivity index (χ1) is 15.6. The lowest BCUT2D eigenvalue weighted by Gasteiger charge is -2.11. The predicted molar refractivity (Wildman–Crippen MR) is 125 cm³/mol. The number of carbonyl (C=O) groups excluding carboxylic acids is 1. The van der Waals surface area contributed by atoms with Crippen molar-refractivity contribution in [1.29, 1.82) is 5.26 Å². The first-order valence-electron chi connectivity index (χ1n) is 10.8. The quantitative estimate of drug-likeness (QED) is 0.355. The fourth-order valence-electron chi connectivity index (χ4n) is 3.92. The van der Waals surface area contributed by atoms with Gasteiger partial charge in [0.1, 0.15) is 5.82 Å². The molecule has 0 unspecified atom stereocenters. The van der Waals surface area contributed by atoms with Crippen molar-refractivity contribution in [1.82, 2.24) is 9.55 Å². The molecule has 160 valence electrons. The van der Waals surface area contributed by atoms with E-state index in [1.807, 2.05) is 36.4 Å². The van der Waals surface area contributed by atoms with Crippen LogP contribution in [0.5, 0.6) is 0 Å². The molecule has 0 atom stereocenters. The molecule has 0 amide bonds. The molecule has 0 fully saturated rings. The second-order valence-electron chi connectivity index (χ2n) is 7.77. The Morgan fingerprint density at radius 2 is 1.88 bits per heavy atom. The number of unbranched alkanes of at least 4 members (excludes halogenated alkanes) is 1. The van der Waals surface area contributed by atoms with E-state index in [0.29, 0.717) is 17.7 Å². The molecule has 1 aromatic heterocycles. The number of hydrogen-bond donors (Lipinski definition) is 0. The van der Waals surface area contributed by atoms with Crippen molar-refractivity contribution in [2.75, 3.05) is 7.11 Å². The van der Waals surface area contributed by atoms with Gasteiger partial charge in [0.2, 0.25) is 0 Å². The molecule has 0 N–H and O–H groups in total. The molecule has 0 saturated carbocycles. The van der Waals surface area contributed by atoms with Crippen LogP contribution in [0.1, 0.15) is 47.1 Å². The molecule has 0 radical (unpaired) electrons. The van der Waals surface area contributed by atoms with Crippen molar-refractivity contribution in [2.24, 2.45) is 0 Å². The fraction of sp³-hybridized carbons (Fsp3) is 0.222. The minimum Gasteiger partial charge on any atom is -0.465 e. The molecule has 4 aromatic rings. The van der Waals surface area contributed by atoms with E-state index in [1.165, 1.54) is 7.11 Å². The fourth-order valence-corrected chi connectivity index (χ4v) is 3.92. The molecule has 0 spiro atoms. The van der Waals surface area contributed by atoms with Gasteiger partial charge < -0.3 is 9.30 Å². The van der Waals surface area contributed by atoms with Gasteiger partial charge in [-0.15, -0.1) is 0 Å². The van der Waals surface area contributed by atoms with Crippen molar-refractivity contribution >= 4 is 17.0 Å². The van der Waals surface area contributed by atoms with E-state index in [1.54, 1.807) is 6.07 Å². The van der Waals surface area contributed by atoms with E-state index in [-0.39, 0.29) is 5.97 Å². The van der Waals surface area contributed by atoms with Gasteiger partial charge in [-0.1, -0.05) is 55.8 Å². The highest BCUT2D eigenvalue weighted by Gasteiger charge is 2.14. The highest BCUT2D eigenvalue weighted by Crippen LogP contribution is 2.25. The average Bonchev–Trinajstić information content (AvgIpc) is 3.19. The van der Waals surface area contributed by atoms with Crippen LogP contribution in [0.4, 0.5) is 0 Å². The van der Waals surface area contributed by atoms with Gasteiger partial charge in [-0.25, -0.2) is 9.78 Å². The highest BCUT2D eigenvalue weighted by atomic mass is 16.5. The topological polar surface area (TPSA) is 67.9 Å². The average molecular weight is 424 g/mol. The lowest BCUT2D eigenvalue weighted by molar-refractivity contribution is 0.0601. The van der Waals surface area contributed by atoms with Gasteiger partial charge in [-0.05, 0) is 47.4 Å². The standard InChI is InChI=1S/C27H25N3O2/c1-3-4-9-26-29-24-15-14-21(27(31)32-2)16-25(24)30(26)18-19-10-12-20(13-11-19)23-8-6-5-7-22(23)17-28/h5-8,10-16H,3-4,9,18H2,1-2H3. The van der Waals surface area contributed by atoms with Crippen LogP contribution in [0.2, 0.25) is 0 Å². The summed E-state index contributed by atoms with van der Waals surface area (Å²) in [5, 5.41) is 9.39. The summed E-state index contributed by atoms with van der Waals surface area (Å²) in [6.45, 7) is 2.82. The number of aromatic nitrogens is 2.